The molecule has 0 atom stereocenters. The zero-order valence-electron chi connectivity index (χ0n) is 9.81. The Balaban J connectivity index is 2.40. The van der Waals surface area contributed by atoms with Crippen molar-refractivity contribution in [3.8, 4) is 5.75 Å². The standard InChI is InChI=1S/C14H12FNO2/c1-18-11-5-6-12(13(16)8-11)14(17)9-3-2-4-10(15)7-9/h2-8H,16H2,1H3. The third kappa shape index (κ3) is 2.32. The minimum Gasteiger partial charge on any atom is -0.497 e. The molecule has 0 unspecified atom stereocenters. The molecule has 0 bridgehead atoms. The predicted molar refractivity (Wildman–Crippen MR) is 67.2 cm³/mol. The van der Waals surface area contributed by atoms with Crippen LogP contribution in [0, 0.1) is 5.82 Å². The number of carbonyl (C=O) groups is 1. The summed E-state index contributed by atoms with van der Waals surface area (Å²) in [6, 6.07) is 10.3. The van der Waals surface area contributed by atoms with Crippen LogP contribution in [-0.2, 0) is 0 Å². The minimum absolute atomic E-state index is 0.270. The van der Waals surface area contributed by atoms with E-state index in [1.165, 1.54) is 25.3 Å². The van der Waals surface area contributed by atoms with E-state index >= 15 is 0 Å². The summed E-state index contributed by atoms with van der Waals surface area (Å²) >= 11 is 0. The van der Waals surface area contributed by atoms with Crippen molar-refractivity contribution in [1.82, 2.24) is 0 Å². The summed E-state index contributed by atoms with van der Waals surface area (Å²) in [5, 5.41) is 0. The van der Waals surface area contributed by atoms with Crippen molar-refractivity contribution < 1.29 is 13.9 Å². The highest BCUT2D eigenvalue weighted by Crippen LogP contribution is 2.22. The molecule has 2 N–H and O–H groups in total. The Labute approximate surface area is 104 Å². The monoisotopic (exact) mass is 245 g/mol. The number of nitrogen functional groups attached to an aromatic ring is 1. The lowest BCUT2D eigenvalue weighted by molar-refractivity contribution is 0.103. The van der Waals surface area contributed by atoms with Crippen LogP contribution in [0.5, 0.6) is 5.75 Å². The summed E-state index contributed by atoms with van der Waals surface area (Å²) in [5.41, 5.74) is 6.69. The highest BCUT2D eigenvalue weighted by Gasteiger charge is 2.13. The third-order valence-electron chi connectivity index (χ3n) is 2.59. The Bertz CT molecular complexity index is 596. The summed E-state index contributed by atoms with van der Waals surface area (Å²) in [6.45, 7) is 0. The molecule has 0 aromatic heterocycles. The number of ether oxygens (including phenoxy) is 1. The number of hydrogen-bond acceptors (Lipinski definition) is 3. The summed E-state index contributed by atoms with van der Waals surface area (Å²) < 4.78 is 18.1. The minimum atomic E-state index is -0.451. The molecule has 0 radical (unpaired) electrons. The lowest BCUT2D eigenvalue weighted by Crippen LogP contribution is -2.05. The van der Waals surface area contributed by atoms with Gasteiger partial charge in [-0.15, -0.1) is 0 Å². The average Bonchev–Trinajstić information content (AvgIpc) is 2.37. The Hall–Kier alpha value is -2.36. The van der Waals surface area contributed by atoms with E-state index in [-0.39, 0.29) is 11.3 Å². The fourth-order valence-electron chi connectivity index (χ4n) is 1.66. The molecule has 3 nitrogen and oxygen atoms in total. The summed E-state index contributed by atoms with van der Waals surface area (Å²) in [5.74, 6) is -0.189. The van der Waals surface area contributed by atoms with E-state index in [1.807, 2.05) is 0 Å². The van der Waals surface area contributed by atoms with Gasteiger partial charge in [0.25, 0.3) is 0 Å². The van der Waals surface area contributed by atoms with E-state index in [4.69, 9.17) is 10.5 Å². The molecule has 2 aromatic rings. The molecule has 92 valence electrons. The maximum Gasteiger partial charge on any atom is 0.195 e. The van der Waals surface area contributed by atoms with Crippen LogP contribution < -0.4 is 10.5 Å². The average molecular weight is 245 g/mol. The number of hydrogen-bond donors (Lipinski definition) is 1. The van der Waals surface area contributed by atoms with Crippen molar-refractivity contribution in [2.45, 2.75) is 0 Å². The first-order chi connectivity index (χ1) is 8.61. The van der Waals surface area contributed by atoms with Gasteiger partial charge in [0.1, 0.15) is 11.6 Å². The first-order valence-corrected chi connectivity index (χ1v) is 5.35. The van der Waals surface area contributed by atoms with E-state index in [2.05, 4.69) is 0 Å². The molecule has 0 fully saturated rings. The molecule has 0 amide bonds. The number of carbonyl (C=O) groups excluding carboxylic acids is 1. The normalized spacial score (nSPS) is 10.1. The quantitative estimate of drug-likeness (QED) is 0.668. The topological polar surface area (TPSA) is 52.3 Å². The van der Waals surface area contributed by atoms with Gasteiger partial charge in [0.05, 0.1) is 7.11 Å². The van der Waals surface area contributed by atoms with Gasteiger partial charge in [-0.25, -0.2) is 4.39 Å². The van der Waals surface area contributed by atoms with Crippen LogP contribution in [0.3, 0.4) is 0 Å². The predicted octanol–water partition coefficient (Wildman–Crippen LogP) is 2.65. The number of rotatable bonds is 3. The van der Waals surface area contributed by atoms with E-state index < -0.39 is 5.82 Å². The van der Waals surface area contributed by atoms with Gasteiger partial charge in [-0.2, -0.15) is 0 Å². The van der Waals surface area contributed by atoms with Gasteiger partial charge in [0.15, 0.2) is 5.78 Å². The van der Waals surface area contributed by atoms with E-state index in [0.29, 0.717) is 17.0 Å². The molecular weight excluding hydrogens is 233 g/mol. The maximum absolute atomic E-state index is 13.1. The second kappa shape index (κ2) is 4.87. The second-order valence-corrected chi connectivity index (χ2v) is 3.79. The first kappa shape index (κ1) is 12.1. The van der Waals surface area contributed by atoms with Gasteiger partial charge >= 0.3 is 0 Å². The molecule has 0 heterocycles. The molecule has 4 heteroatoms. The molecule has 0 aliphatic carbocycles. The fourth-order valence-corrected chi connectivity index (χ4v) is 1.66. The Morgan fingerprint density at radius 3 is 2.61 bits per heavy atom. The number of nitrogens with two attached hydrogens (primary N) is 1. The molecule has 18 heavy (non-hydrogen) atoms. The van der Waals surface area contributed by atoms with Crippen LogP contribution in [0.4, 0.5) is 10.1 Å². The van der Waals surface area contributed by atoms with Crippen LogP contribution in [0.25, 0.3) is 0 Å². The number of halogens is 1. The van der Waals surface area contributed by atoms with Crippen LogP contribution in [0.2, 0.25) is 0 Å². The van der Waals surface area contributed by atoms with Gasteiger partial charge in [0.2, 0.25) is 0 Å². The van der Waals surface area contributed by atoms with E-state index in [9.17, 15) is 9.18 Å². The van der Waals surface area contributed by atoms with Crippen LogP contribution >= 0.6 is 0 Å². The fraction of sp³-hybridized carbons (Fsp3) is 0.0714. The number of anilines is 1. The summed E-state index contributed by atoms with van der Waals surface area (Å²) in [7, 11) is 1.52. The zero-order valence-corrected chi connectivity index (χ0v) is 9.81. The van der Waals surface area contributed by atoms with Crippen molar-refractivity contribution in [3.05, 3.63) is 59.4 Å². The van der Waals surface area contributed by atoms with Gasteiger partial charge in [0, 0.05) is 22.9 Å². The van der Waals surface area contributed by atoms with E-state index in [1.54, 1.807) is 24.3 Å². The van der Waals surface area contributed by atoms with Crippen LogP contribution in [-0.4, -0.2) is 12.9 Å². The molecule has 0 aliphatic rings. The van der Waals surface area contributed by atoms with Crippen LogP contribution in [0.15, 0.2) is 42.5 Å². The zero-order chi connectivity index (χ0) is 13.1. The molecule has 0 saturated carbocycles. The molecule has 0 spiro atoms. The van der Waals surface area contributed by atoms with Crippen molar-refractivity contribution in [2.24, 2.45) is 0 Å². The molecule has 0 saturated heterocycles. The smallest absolute Gasteiger partial charge is 0.195 e. The summed E-state index contributed by atoms with van der Waals surface area (Å²) in [4.78, 5) is 12.1. The summed E-state index contributed by atoms with van der Waals surface area (Å²) in [6.07, 6.45) is 0. The Kier molecular flexibility index (Phi) is 3.28. The van der Waals surface area contributed by atoms with Gasteiger partial charge < -0.3 is 10.5 Å². The van der Waals surface area contributed by atoms with Crippen molar-refractivity contribution in [3.63, 3.8) is 0 Å². The van der Waals surface area contributed by atoms with Crippen molar-refractivity contribution in [2.75, 3.05) is 12.8 Å². The number of methoxy groups -OCH3 is 1. The van der Waals surface area contributed by atoms with E-state index in [0.717, 1.165) is 0 Å². The Morgan fingerprint density at radius 2 is 2.00 bits per heavy atom. The molecule has 2 aromatic carbocycles. The highest BCUT2D eigenvalue weighted by atomic mass is 19.1. The second-order valence-electron chi connectivity index (χ2n) is 3.79. The number of benzene rings is 2. The van der Waals surface area contributed by atoms with Gasteiger partial charge in [-0.1, -0.05) is 12.1 Å². The van der Waals surface area contributed by atoms with Crippen molar-refractivity contribution in [1.29, 1.82) is 0 Å². The van der Waals surface area contributed by atoms with Crippen molar-refractivity contribution >= 4 is 11.5 Å². The largest absolute Gasteiger partial charge is 0.497 e. The van der Waals surface area contributed by atoms with Gasteiger partial charge in [-0.3, -0.25) is 4.79 Å². The SMILES string of the molecule is COc1ccc(C(=O)c2cccc(F)c2)c(N)c1. The van der Waals surface area contributed by atoms with Gasteiger partial charge in [-0.05, 0) is 24.3 Å². The third-order valence-corrected chi connectivity index (χ3v) is 2.59. The molecular formula is C14H12FNO2. The lowest BCUT2D eigenvalue weighted by Gasteiger charge is -2.07. The van der Waals surface area contributed by atoms with Crippen LogP contribution in [0.1, 0.15) is 15.9 Å². The maximum atomic E-state index is 13.1. The first-order valence-electron chi connectivity index (χ1n) is 5.35. The Morgan fingerprint density at radius 1 is 1.22 bits per heavy atom. The lowest BCUT2D eigenvalue weighted by atomic mass is 10.0. The molecule has 0 aliphatic heterocycles. The number of ketones is 1. The highest BCUT2D eigenvalue weighted by molar-refractivity contribution is 6.12. The molecule has 2 rings (SSSR count).